The number of hydrogen-bond donors (Lipinski definition) is 3. The van der Waals surface area contributed by atoms with Crippen molar-refractivity contribution in [3.05, 3.63) is 59.7 Å². The highest BCUT2D eigenvalue weighted by Crippen LogP contribution is 2.44. The maximum Gasteiger partial charge on any atom is 0.407 e. The molecule has 0 aromatic heterocycles. The van der Waals surface area contributed by atoms with Crippen LogP contribution in [-0.2, 0) is 14.3 Å². The Labute approximate surface area is 199 Å². The zero-order valence-corrected chi connectivity index (χ0v) is 19.5. The van der Waals surface area contributed by atoms with Crippen molar-refractivity contribution in [2.45, 2.75) is 56.9 Å². The lowest BCUT2D eigenvalue weighted by molar-refractivity contribution is -0.148. The minimum absolute atomic E-state index is 0.0364. The average molecular weight is 465 g/mol. The minimum Gasteiger partial charge on any atom is -0.480 e. The molecule has 1 atom stereocenters. The zero-order chi connectivity index (χ0) is 24.1. The summed E-state index contributed by atoms with van der Waals surface area (Å²) in [4.78, 5) is 37.2. The van der Waals surface area contributed by atoms with E-state index < -0.39 is 23.5 Å². The fourth-order valence-corrected chi connectivity index (χ4v) is 5.24. The van der Waals surface area contributed by atoms with Gasteiger partial charge in [0.2, 0.25) is 5.91 Å². The Kier molecular flexibility index (Phi) is 7.20. The molecule has 0 bridgehead atoms. The molecule has 2 aliphatic rings. The van der Waals surface area contributed by atoms with Crippen molar-refractivity contribution in [3.63, 3.8) is 0 Å². The third-order valence-electron chi connectivity index (χ3n) is 7.07. The van der Waals surface area contributed by atoms with Crippen molar-refractivity contribution in [1.82, 2.24) is 10.6 Å². The van der Waals surface area contributed by atoms with Crippen LogP contribution in [0.15, 0.2) is 48.5 Å². The van der Waals surface area contributed by atoms with Crippen molar-refractivity contribution in [1.29, 1.82) is 0 Å². The SMILES string of the molecule is CCCC(CNC(=O)OCC1c2ccccc2-c2ccccc21)C(=O)NC1(C(=O)O)CCCC1. The molecule has 0 heterocycles. The van der Waals surface area contributed by atoms with Crippen LogP contribution in [0.4, 0.5) is 4.79 Å². The van der Waals surface area contributed by atoms with E-state index in [1.807, 2.05) is 31.2 Å². The molecular weight excluding hydrogens is 432 g/mol. The monoisotopic (exact) mass is 464 g/mol. The zero-order valence-electron chi connectivity index (χ0n) is 19.5. The molecule has 0 radical (unpaired) electrons. The number of aliphatic carboxylic acids is 1. The van der Waals surface area contributed by atoms with E-state index in [4.69, 9.17) is 4.74 Å². The van der Waals surface area contributed by atoms with Crippen LogP contribution in [0.3, 0.4) is 0 Å². The topological polar surface area (TPSA) is 105 Å². The summed E-state index contributed by atoms with van der Waals surface area (Å²) in [5.41, 5.74) is 3.40. The van der Waals surface area contributed by atoms with E-state index in [2.05, 4.69) is 34.9 Å². The van der Waals surface area contributed by atoms with Gasteiger partial charge >= 0.3 is 12.1 Å². The largest absolute Gasteiger partial charge is 0.480 e. The lowest BCUT2D eigenvalue weighted by atomic mass is 9.95. The molecule has 0 aliphatic heterocycles. The Hall–Kier alpha value is -3.35. The van der Waals surface area contributed by atoms with Gasteiger partial charge < -0.3 is 20.5 Å². The van der Waals surface area contributed by atoms with E-state index in [-0.39, 0.29) is 25.0 Å². The van der Waals surface area contributed by atoms with Crippen LogP contribution < -0.4 is 10.6 Å². The van der Waals surface area contributed by atoms with E-state index in [0.29, 0.717) is 19.3 Å². The van der Waals surface area contributed by atoms with Crippen LogP contribution in [0, 0.1) is 5.92 Å². The van der Waals surface area contributed by atoms with Crippen molar-refractivity contribution < 1.29 is 24.2 Å². The van der Waals surface area contributed by atoms with E-state index in [9.17, 15) is 19.5 Å². The number of ether oxygens (including phenoxy) is 1. The van der Waals surface area contributed by atoms with Crippen molar-refractivity contribution in [3.8, 4) is 11.1 Å². The summed E-state index contributed by atoms with van der Waals surface area (Å²) >= 11 is 0. The second-order valence-corrected chi connectivity index (χ2v) is 9.28. The minimum atomic E-state index is -1.19. The van der Waals surface area contributed by atoms with Crippen molar-refractivity contribution in [2.75, 3.05) is 13.2 Å². The average Bonchev–Trinajstić information content (AvgIpc) is 3.44. The number of carbonyl (C=O) groups excluding carboxylic acids is 2. The molecule has 1 fully saturated rings. The highest BCUT2D eigenvalue weighted by Gasteiger charge is 2.43. The molecule has 1 saturated carbocycles. The lowest BCUT2D eigenvalue weighted by Gasteiger charge is -2.28. The third kappa shape index (κ3) is 4.79. The normalized spacial score (nSPS) is 16.9. The van der Waals surface area contributed by atoms with Gasteiger partial charge in [-0.1, -0.05) is 74.7 Å². The second-order valence-electron chi connectivity index (χ2n) is 9.28. The van der Waals surface area contributed by atoms with E-state index >= 15 is 0 Å². The van der Waals surface area contributed by atoms with Crippen molar-refractivity contribution in [2.24, 2.45) is 5.92 Å². The summed E-state index contributed by atoms with van der Waals surface area (Å²) in [6.07, 6.45) is 3.14. The number of alkyl carbamates (subject to hydrolysis) is 1. The molecular formula is C27H32N2O5. The predicted molar refractivity (Wildman–Crippen MR) is 128 cm³/mol. The molecule has 2 aliphatic carbocycles. The quantitative estimate of drug-likeness (QED) is 0.508. The Morgan fingerprint density at radius 3 is 2.18 bits per heavy atom. The number of fused-ring (bicyclic) bond motifs is 3. The van der Waals surface area contributed by atoms with Gasteiger partial charge in [0.15, 0.2) is 0 Å². The number of hydrogen-bond acceptors (Lipinski definition) is 4. The summed E-state index contributed by atoms with van der Waals surface area (Å²) in [6.45, 7) is 2.26. The van der Waals surface area contributed by atoms with Gasteiger partial charge in [0, 0.05) is 12.5 Å². The molecule has 4 rings (SSSR count). The number of carboxylic acids is 1. The number of rotatable bonds is 9. The van der Waals surface area contributed by atoms with Crippen LogP contribution in [0.25, 0.3) is 11.1 Å². The van der Waals surface area contributed by atoms with Gasteiger partial charge in [-0.3, -0.25) is 4.79 Å². The second kappa shape index (κ2) is 10.3. The van der Waals surface area contributed by atoms with Gasteiger partial charge in [-0.15, -0.1) is 0 Å². The predicted octanol–water partition coefficient (Wildman–Crippen LogP) is 4.46. The molecule has 3 N–H and O–H groups in total. The molecule has 2 aromatic rings. The first-order valence-corrected chi connectivity index (χ1v) is 12.1. The first-order valence-electron chi connectivity index (χ1n) is 12.1. The lowest BCUT2D eigenvalue weighted by Crippen LogP contribution is -2.55. The Morgan fingerprint density at radius 1 is 1.03 bits per heavy atom. The van der Waals surface area contributed by atoms with Crippen LogP contribution in [0.1, 0.15) is 62.5 Å². The number of amides is 2. The van der Waals surface area contributed by atoms with Gasteiger partial charge in [-0.05, 0) is 41.5 Å². The molecule has 0 spiro atoms. The fourth-order valence-electron chi connectivity index (χ4n) is 5.24. The van der Waals surface area contributed by atoms with E-state index in [1.165, 1.54) is 0 Å². The third-order valence-corrected chi connectivity index (χ3v) is 7.07. The van der Waals surface area contributed by atoms with Gasteiger partial charge in [0.1, 0.15) is 12.1 Å². The molecule has 0 saturated heterocycles. The first kappa shape index (κ1) is 23.8. The van der Waals surface area contributed by atoms with E-state index in [1.54, 1.807) is 0 Å². The molecule has 2 aromatic carbocycles. The van der Waals surface area contributed by atoms with Gasteiger partial charge in [-0.25, -0.2) is 9.59 Å². The Balaban J connectivity index is 1.34. The summed E-state index contributed by atoms with van der Waals surface area (Å²) in [5.74, 6) is -1.86. The maximum atomic E-state index is 12.9. The number of benzene rings is 2. The smallest absolute Gasteiger partial charge is 0.407 e. The highest BCUT2D eigenvalue weighted by molar-refractivity contribution is 5.88. The molecule has 7 nitrogen and oxygen atoms in total. The molecule has 7 heteroatoms. The number of nitrogens with one attached hydrogen (secondary N) is 2. The number of carbonyl (C=O) groups is 3. The maximum absolute atomic E-state index is 12.9. The van der Waals surface area contributed by atoms with Crippen LogP contribution >= 0.6 is 0 Å². The Bertz CT molecular complexity index is 1010. The van der Waals surface area contributed by atoms with Crippen molar-refractivity contribution >= 4 is 18.0 Å². The summed E-state index contributed by atoms with van der Waals surface area (Å²) in [6, 6.07) is 16.3. The summed E-state index contributed by atoms with van der Waals surface area (Å²) in [7, 11) is 0. The summed E-state index contributed by atoms with van der Waals surface area (Å²) in [5, 5.41) is 15.1. The van der Waals surface area contributed by atoms with E-state index in [0.717, 1.165) is 41.5 Å². The summed E-state index contributed by atoms with van der Waals surface area (Å²) < 4.78 is 5.56. The fraction of sp³-hybridized carbons (Fsp3) is 0.444. The van der Waals surface area contributed by atoms with Gasteiger partial charge in [0.05, 0.1) is 5.92 Å². The van der Waals surface area contributed by atoms with Gasteiger partial charge in [0.25, 0.3) is 0 Å². The van der Waals surface area contributed by atoms with Crippen LogP contribution in [-0.4, -0.2) is 41.8 Å². The molecule has 34 heavy (non-hydrogen) atoms. The molecule has 1 unspecified atom stereocenters. The highest BCUT2D eigenvalue weighted by atomic mass is 16.5. The van der Waals surface area contributed by atoms with Crippen LogP contribution in [0.5, 0.6) is 0 Å². The molecule has 2 amide bonds. The Morgan fingerprint density at radius 2 is 1.62 bits per heavy atom. The first-order chi connectivity index (χ1) is 16.4. The molecule has 180 valence electrons. The van der Waals surface area contributed by atoms with Gasteiger partial charge in [-0.2, -0.15) is 0 Å². The number of carboxylic acid groups (broad SMARTS) is 1. The standard InChI is InChI=1S/C27H32N2O5/c1-2-9-18(24(30)29-27(25(31)32)14-7-8-15-27)16-28-26(33)34-17-23-21-12-5-3-10-19(21)20-11-4-6-13-22(20)23/h3-6,10-13,18,23H,2,7-9,14-17H2,1H3,(H,28,33)(H,29,30)(H,31,32). The van der Waals surface area contributed by atoms with Crippen LogP contribution in [0.2, 0.25) is 0 Å².